The Balaban J connectivity index is 2.03. The highest BCUT2D eigenvalue weighted by molar-refractivity contribution is 7.84. The second-order valence-electron chi connectivity index (χ2n) is 4.98. The number of aromatic nitrogens is 1. The van der Waals surface area contributed by atoms with Crippen molar-refractivity contribution in [2.24, 2.45) is 0 Å². The van der Waals surface area contributed by atoms with Crippen LogP contribution in [0.5, 0.6) is 0 Å². The van der Waals surface area contributed by atoms with Crippen LogP contribution in [0, 0.1) is 0 Å². The summed E-state index contributed by atoms with van der Waals surface area (Å²) in [5.74, 6) is 0. The van der Waals surface area contributed by atoms with Gasteiger partial charge in [0.25, 0.3) is 0 Å². The number of carbonyl (C=O) groups is 1. The number of hydrogen-bond acceptors (Lipinski definition) is 3. The molecular weight excluding hydrogens is 298 g/mol. The van der Waals surface area contributed by atoms with Crippen LogP contribution in [0.15, 0.2) is 53.7 Å². The zero-order valence-corrected chi connectivity index (χ0v) is 13.6. The number of benzene rings is 1. The molecule has 2 amide bonds. The third-order valence-corrected chi connectivity index (χ3v) is 4.46. The summed E-state index contributed by atoms with van der Waals surface area (Å²) in [6, 6.07) is 10.5. The van der Waals surface area contributed by atoms with Gasteiger partial charge in [-0.3, -0.25) is 9.19 Å². The lowest BCUT2D eigenvalue weighted by molar-refractivity contribution is 0.208. The fraction of sp³-hybridized carbons (Fsp3) is 0.250. The number of carbonyl (C=O) groups excluding carboxylic acids is 1. The van der Waals surface area contributed by atoms with Crippen LogP contribution in [0.1, 0.15) is 18.5 Å². The second kappa shape index (κ2) is 7.17. The van der Waals surface area contributed by atoms with E-state index in [0.29, 0.717) is 5.69 Å². The predicted molar refractivity (Wildman–Crippen MR) is 88.2 cm³/mol. The number of anilines is 1. The van der Waals surface area contributed by atoms with Crippen LogP contribution < -0.4 is 5.32 Å². The Morgan fingerprint density at radius 3 is 2.32 bits per heavy atom. The minimum Gasteiger partial charge on any atom is -0.321 e. The van der Waals surface area contributed by atoms with E-state index >= 15 is 0 Å². The molecule has 0 bridgehead atoms. The van der Waals surface area contributed by atoms with Crippen LogP contribution in [-0.2, 0) is 10.8 Å². The first-order valence-corrected chi connectivity index (χ1v) is 8.42. The monoisotopic (exact) mass is 317 g/mol. The summed E-state index contributed by atoms with van der Waals surface area (Å²) in [5, 5.41) is 2.83. The van der Waals surface area contributed by atoms with E-state index in [2.05, 4.69) is 10.3 Å². The lowest BCUT2D eigenvalue weighted by atomic mass is 10.1. The number of nitrogens with one attached hydrogen (secondary N) is 1. The highest BCUT2D eigenvalue weighted by atomic mass is 32.2. The van der Waals surface area contributed by atoms with E-state index in [9.17, 15) is 9.00 Å². The van der Waals surface area contributed by atoms with E-state index in [4.69, 9.17) is 0 Å². The van der Waals surface area contributed by atoms with E-state index in [1.54, 1.807) is 54.9 Å². The van der Waals surface area contributed by atoms with Gasteiger partial charge in [0.2, 0.25) is 0 Å². The molecule has 22 heavy (non-hydrogen) atoms. The van der Waals surface area contributed by atoms with E-state index in [1.165, 1.54) is 0 Å². The summed E-state index contributed by atoms with van der Waals surface area (Å²) in [4.78, 5) is 18.6. The van der Waals surface area contributed by atoms with Crippen LogP contribution in [-0.4, -0.2) is 33.4 Å². The summed E-state index contributed by atoms with van der Waals surface area (Å²) in [7, 11) is 0.726. The molecule has 0 unspecified atom stereocenters. The van der Waals surface area contributed by atoms with Crippen molar-refractivity contribution >= 4 is 22.5 Å². The van der Waals surface area contributed by atoms with Gasteiger partial charge in [-0.05, 0) is 48.9 Å². The van der Waals surface area contributed by atoms with Gasteiger partial charge in [-0.25, -0.2) is 4.79 Å². The second-order valence-corrected chi connectivity index (χ2v) is 6.36. The molecule has 1 aromatic carbocycles. The fourth-order valence-corrected chi connectivity index (χ4v) is 2.50. The number of urea groups is 1. The molecule has 0 aliphatic carbocycles. The molecule has 2 rings (SSSR count). The molecule has 0 fully saturated rings. The first-order chi connectivity index (χ1) is 10.5. The lowest BCUT2D eigenvalue weighted by Gasteiger charge is -2.25. The van der Waals surface area contributed by atoms with Gasteiger partial charge in [0.15, 0.2) is 0 Å². The van der Waals surface area contributed by atoms with E-state index < -0.39 is 10.8 Å². The zero-order chi connectivity index (χ0) is 16.1. The molecule has 2 atom stereocenters. The van der Waals surface area contributed by atoms with Crippen molar-refractivity contribution in [3.05, 3.63) is 54.4 Å². The largest absolute Gasteiger partial charge is 0.322 e. The highest BCUT2D eigenvalue weighted by Crippen LogP contribution is 2.19. The van der Waals surface area contributed by atoms with Crippen LogP contribution in [0.3, 0.4) is 0 Å². The standard InChI is InChI=1S/C16H19N3O2S/c1-12(13-8-10-17-11-9-13)19(2)16(20)18-14-4-6-15(7-5-14)22(3)21/h4-12H,1-3H3,(H,18,20)/t12-,22-/m1/s1. The van der Waals surface area contributed by atoms with Crippen molar-refractivity contribution in [2.45, 2.75) is 17.9 Å². The van der Waals surface area contributed by atoms with Crippen molar-refractivity contribution in [1.29, 1.82) is 0 Å². The number of amides is 2. The maximum Gasteiger partial charge on any atom is 0.322 e. The van der Waals surface area contributed by atoms with Gasteiger partial charge in [-0.2, -0.15) is 0 Å². The van der Waals surface area contributed by atoms with Crippen molar-refractivity contribution in [3.8, 4) is 0 Å². The SMILES string of the molecule is C[C@H](c1ccncc1)N(C)C(=O)Nc1ccc([S@@](C)=O)cc1. The molecule has 0 spiro atoms. The molecule has 1 N–H and O–H groups in total. The van der Waals surface area contributed by atoms with Crippen LogP contribution in [0.2, 0.25) is 0 Å². The lowest BCUT2D eigenvalue weighted by Crippen LogP contribution is -2.33. The number of hydrogen-bond donors (Lipinski definition) is 1. The van der Waals surface area contributed by atoms with Crippen LogP contribution >= 0.6 is 0 Å². The van der Waals surface area contributed by atoms with Gasteiger partial charge in [0.1, 0.15) is 0 Å². The summed E-state index contributed by atoms with van der Waals surface area (Å²) >= 11 is 0. The molecule has 0 radical (unpaired) electrons. The van der Waals surface area contributed by atoms with Crippen molar-refractivity contribution in [3.63, 3.8) is 0 Å². The van der Waals surface area contributed by atoms with E-state index in [0.717, 1.165) is 10.5 Å². The van der Waals surface area contributed by atoms with Gasteiger partial charge < -0.3 is 10.2 Å². The summed E-state index contributed by atoms with van der Waals surface area (Å²) in [5.41, 5.74) is 1.69. The third-order valence-electron chi connectivity index (χ3n) is 3.53. The summed E-state index contributed by atoms with van der Waals surface area (Å²) in [6.07, 6.45) is 5.04. The third kappa shape index (κ3) is 3.92. The Bertz CT molecular complexity index is 659. The Hall–Kier alpha value is -2.21. The Labute approximate surface area is 132 Å². The van der Waals surface area contributed by atoms with Gasteiger partial charge in [-0.1, -0.05) is 0 Å². The Morgan fingerprint density at radius 2 is 1.77 bits per heavy atom. The molecule has 0 aliphatic rings. The topological polar surface area (TPSA) is 62.3 Å². The molecule has 0 saturated heterocycles. The van der Waals surface area contributed by atoms with Crippen LogP contribution in [0.4, 0.5) is 10.5 Å². The van der Waals surface area contributed by atoms with E-state index in [1.807, 2.05) is 19.1 Å². The number of pyridine rings is 1. The Morgan fingerprint density at radius 1 is 1.18 bits per heavy atom. The minimum atomic E-state index is -1.02. The van der Waals surface area contributed by atoms with Gasteiger partial charge in [0.05, 0.1) is 6.04 Å². The molecular formula is C16H19N3O2S. The first kappa shape index (κ1) is 16.2. The fourth-order valence-electron chi connectivity index (χ4n) is 1.98. The van der Waals surface area contributed by atoms with Gasteiger partial charge in [0, 0.05) is 47.1 Å². The first-order valence-electron chi connectivity index (χ1n) is 6.86. The maximum absolute atomic E-state index is 12.3. The average molecular weight is 317 g/mol. The molecule has 6 heteroatoms. The average Bonchev–Trinajstić information content (AvgIpc) is 2.54. The van der Waals surface area contributed by atoms with E-state index in [-0.39, 0.29) is 12.1 Å². The van der Waals surface area contributed by atoms with Crippen molar-refractivity contribution < 1.29 is 9.00 Å². The molecule has 2 aromatic rings. The molecule has 5 nitrogen and oxygen atoms in total. The van der Waals surface area contributed by atoms with Crippen LogP contribution in [0.25, 0.3) is 0 Å². The summed E-state index contributed by atoms with van der Waals surface area (Å²) in [6.45, 7) is 1.96. The summed E-state index contributed by atoms with van der Waals surface area (Å²) < 4.78 is 11.3. The van der Waals surface area contributed by atoms with Gasteiger partial charge >= 0.3 is 6.03 Å². The number of nitrogens with zero attached hydrogens (tertiary/aromatic N) is 2. The molecule has 116 valence electrons. The molecule has 0 saturated carbocycles. The van der Waals surface area contributed by atoms with Crippen molar-refractivity contribution in [1.82, 2.24) is 9.88 Å². The molecule has 1 aromatic heterocycles. The predicted octanol–water partition coefficient (Wildman–Crippen LogP) is 3.04. The highest BCUT2D eigenvalue weighted by Gasteiger charge is 2.17. The maximum atomic E-state index is 12.3. The normalized spacial score (nSPS) is 13.2. The quantitative estimate of drug-likeness (QED) is 0.943. The van der Waals surface area contributed by atoms with Gasteiger partial charge in [-0.15, -0.1) is 0 Å². The minimum absolute atomic E-state index is 0.0644. The van der Waals surface area contributed by atoms with Crippen molar-refractivity contribution in [2.75, 3.05) is 18.6 Å². The molecule has 0 aliphatic heterocycles. The smallest absolute Gasteiger partial charge is 0.321 e. The molecule has 1 heterocycles. The zero-order valence-electron chi connectivity index (χ0n) is 12.8. The Kier molecular flexibility index (Phi) is 5.27. The number of rotatable bonds is 4.